The summed E-state index contributed by atoms with van der Waals surface area (Å²) in [7, 11) is 0. The van der Waals surface area contributed by atoms with Crippen molar-refractivity contribution in [2.75, 3.05) is 0 Å². The molecule has 1 heterocycles. The number of aromatic nitrogens is 1. The Morgan fingerprint density at radius 1 is 1.12 bits per heavy atom. The van der Waals surface area contributed by atoms with Gasteiger partial charge in [0.2, 0.25) is 0 Å². The van der Waals surface area contributed by atoms with Gasteiger partial charge in [0, 0.05) is 16.9 Å². The molecule has 0 amide bonds. The number of benzene rings is 1. The fourth-order valence-electron chi connectivity index (χ4n) is 1.42. The van der Waals surface area contributed by atoms with Crippen LogP contribution in [0.3, 0.4) is 0 Å². The van der Waals surface area contributed by atoms with Gasteiger partial charge in [0.1, 0.15) is 0 Å². The second-order valence-corrected chi connectivity index (χ2v) is 4.42. The van der Waals surface area contributed by atoms with Gasteiger partial charge in [-0.1, -0.05) is 24.3 Å². The van der Waals surface area contributed by atoms with Crippen molar-refractivity contribution >= 4 is 28.1 Å². The molecule has 0 unspecified atom stereocenters. The normalized spacial score (nSPS) is 10.4. The molecule has 0 aliphatic heterocycles. The maximum absolute atomic E-state index is 8.79. The van der Waals surface area contributed by atoms with Crippen LogP contribution < -0.4 is 0 Å². The van der Waals surface area contributed by atoms with Crippen LogP contribution in [0.4, 0.5) is 0 Å². The van der Waals surface area contributed by atoms with Gasteiger partial charge in [-0.25, -0.2) is 0 Å². The minimum absolute atomic E-state index is 0.666. The third-order valence-corrected chi connectivity index (χ3v) is 2.64. The Morgan fingerprint density at radius 2 is 1.94 bits per heavy atom. The predicted molar refractivity (Wildman–Crippen MR) is 72.0 cm³/mol. The van der Waals surface area contributed by atoms with E-state index in [2.05, 4.69) is 27.0 Å². The van der Waals surface area contributed by atoms with Crippen molar-refractivity contribution in [3.05, 3.63) is 63.9 Å². The van der Waals surface area contributed by atoms with Crippen molar-refractivity contribution in [2.24, 2.45) is 0 Å². The third kappa shape index (κ3) is 3.27. The molecule has 0 N–H and O–H groups in total. The Bertz CT molecular complexity index is 597. The van der Waals surface area contributed by atoms with Crippen LogP contribution in [0.25, 0.3) is 12.2 Å². The molecule has 2 nitrogen and oxygen atoms in total. The van der Waals surface area contributed by atoms with Gasteiger partial charge in [-0.05, 0) is 45.3 Å². The van der Waals surface area contributed by atoms with Gasteiger partial charge in [0.25, 0.3) is 0 Å². The molecule has 2 rings (SSSR count). The molecule has 0 bridgehead atoms. The van der Waals surface area contributed by atoms with Crippen molar-refractivity contribution in [1.82, 2.24) is 4.98 Å². The second-order valence-electron chi connectivity index (χ2n) is 3.51. The number of nitriles is 1. The van der Waals surface area contributed by atoms with Crippen molar-refractivity contribution < 1.29 is 0 Å². The molecule has 0 radical (unpaired) electrons. The maximum atomic E-state index is 8.79. The second kappa shape index (κ2) is 5.42. The van der Waals surface area contributed by atoms with E-state index in [1.165, 1.54) is 0 Å². The maximum Gasteiger partial charge on any atom is 0.0991 e. The zero-order valence-electron chi connectivity index (χ0n) is 8.97. The first-order valence-electron chi connectivity index (χ1n) is 5.07. The van der Waals surface area contributed by atoms with E-state index < -0.39 is 0 Å². The number of halogens is 1. The molecule has 17 heavy (non-hydrogen) atoms. The fraction of sp³-hybridized carbons (Fsp3) is 0. The highest BCUT2D eigenvalue weighted by molar-refractivity contribution is 9.10. The van der Waals surface area contributed by atoms with Gasteiger partial charge < -0.3 is 0 Å². The highest BCUT2D eigenvalue weighted by Crippen LogP contribution is 2.13. The van der Waals surface area contributed by atoms with E-state index in [1.807, 2.05) is 36.4 Å². The highest BCUT2D eigenvalue weighted by atomic mass is 79.9. The average molecular weight is 285 g/mol. The SMILES string of the molecule is N#Cc1cccc(/C=C/c2cncc(Br)c2)c1. The molecular formula is C14H9BrN2. The smallest absolute Gasteiger partial charge is 0.0991 e. The van der Waals surface area contributed by atoms with Crippen LogP contribution in [-0.4, -0.2) is 4.98 Å². The summed E-state index contributed by atoms with van der Waals surface area (Å²) in [4.78, 5) is 4.08. The summed E-state index contributed by atoms with van der Waals surface area (Å²) < 4.78 is 0.949. The van der Waals surface area contributed by atoms with Gasteiger partial charge in [0.15, 0.2) is 0 Å². The first-order chi connectivity index (χ1) is 8.28. The lowest BCUT2D eigenvalue weighted by Gasteiger charge is -1.95. The van der Waals surface area contributed by atoms with Gasteiger partial charge >= 0.3 is 0 Å². The molecule has 0 aliphatic rings. The first-order valence-corrected chi connectivity index (χ1v) is 5.86. The van der Waals surface area contributed by atoms with E-state index in [9.17, 15) is 0 Å². The molecule has 1 aromatic carbocycles. The highest BCUT2D eigenvalue weighted by Gasteiger charge is 1.92. The fourth-order valence-corrected chi connectivity index (χ4v) is 1.81. The lowest BCUT2D eigenvalue weighted by atomic mass is 10.1. The number of hydrogen-bond donors (Lipinski definition) is 0. The molecule has 0 aliphatic carbocycles. The van der Waals surface area contributed by atoms with Crippen LogP contribution >= 0.6 is 15.9 Å². The van der Waals surface area contributed by atoms with Crippen molar-refractivity contribution in [3.63, 3.8) is 0 Å². The minimum Gasteiger partial charge on any atom is -0.263 e. The monoisotopic (exact) mass is 284 g/mol. The van der Waals surface area contributed by atoms with Crippen molar-refractivity contribution in [3.8, 4) is 6.07 Å². The summed E-state index contributed by atoms with van der Waals surface area (Å²) >= 11 is 3.37. The van der Waals surface area contributed by atoms with Gasteiger partial charge in [-0.2, -0.15) is 5.26 Å². The molecule has 0 atom stereocenters. The first kappa shape index (κ1) is 11.6. The Hall–Kier alpha value is -1.92. The van der Waals surface area contributed by atoms with Crippen LogP contribution in [0.1, 0.15) is 16.7 Å². The summed E-state index contributed by atoms with van der Waals surface area (Å²) in [5.41, 5.74) is 2.69. The van der Waals surface area contributed by atoms with E-state index in [-0.39, 0.29) is 0 Å². The Morgan fingerprint density at radius 3 is 2.71 bits per heavy atom. The van der Waals surface area contributed by atoms with Crippen molar-refractivity contribution in [2.45, 2.75) is 0 Å². The number of nitrogens with zero attached hydrogens (tertiary/aromatic N) is 2. The standard InChI is InChI=1S/C14H9BrN2/c15-14-7-13(9-17-10-14)5-4-11-2-1-3-12(6-11)8-16/h1-7,9-10H/b5-4+. The topological polar surface area (TPSA) is 36.7 Å². The summed E-state index contributed by atoms with van der Waals surface area (Å²) in [6.45, 7) is 0. The average Bonchev–Trinajstić information content (AvgIpc) is 2.37. The molecule has 82 valence electrons. The van der Waals surface area contributed by atoms with Gasteiger partial charge in [0.05, 0.1) is 11.6 Å². The Kier molecular flexibility index (Phi) is 3.69. The molecule has 0 saturated carbocycles. The number of hydrogen-bond acceptors (Lipinski definition) is 2. The molecule has 0 saturated heterocycles. The van der Waals surface area contributed by atoms with Crippen LogP contribution in [0.5, 0.6) is 0 Å². The molecule has 2 aromatic rings. The Balaban J connectivity index is 2.23. The molecule has 1 aromatic heterocycles. The van der Waals surface area contributed by atoms with Gasteiger partial charge in [-0.15, -0.1) is 0 Å². The lowest BCUT2D eigenvalue weighted by molar-refractivity contribution is 1.30. The van der Waals surface area contributed by atoms with Crippen molar-refractivity contribution in [1.29, 1.82) is 5.26 Å². The lowest BCUT2D eigenvalue weighted by Crippen LogP contribution is -1.78. The predicted octanol–water partition coefficient (Wildman–Crippen LogP) is 3.89. The zero-order valence-corrected chi connectivity index (χ0v) is 10.6. The Labute approximate surface area is 108 Å². The van der Waals surface area contributed by atoms with Crippen LogP contribution in [0.15, 0.2) is 47.2 Å². The van der Waals surface area contributed by atoms with Crippen LogP contribution in [0, 0.1) is 11.3 Å². The molecule has 0 fully saturated rings. The summed E-state index contributed by atoms with van der Waals surface area (Å²) in [5, 5.41) is 8.79. The minimum atomic E-state index is 0.666. The largest absolute Gasteiger partial charge is 0.263 e. The van der Waals surface area contributed by atoms with E-state index in [4.69, 9.17) is 5.26 Å². The van der Waals surface area contributed by atoms with Crippen LogP contribution in [0.2, 0.25) is 0 Å². The summed E-state index contributed by atoms with van der Waals surface area (Å²) in [5.74, 6) is 0. The molecule has 3 heteroatoms. The van der Waals surface area contributed by atoms with Crippen LogP contribution in [-0.2, 0) is 0 Å². The van der Waals surface area contributed by atoms with E-state index in [0.29, 0.717) is 5.56 Å². The third-order valence-electron chi connectivity index (χ3n) is 2.21. The number of pyridine rings is 1. The zero-order chi connectivity index (χ0) is 12.1. The van der Waals surface area contributed by atoms with E-state index in [0.717, 1.165) is 15.6 Å². The van der Waals surface area contributed by atoms with Gasteiger partial charge in [-0.3, -0.25) is 4.98 Å². The van der Waals surface area contributed by atoms with E-state index >= 15 is 0 Å². The van der Waals surface area contributed by atoms with E-state index in [1.54, 1.807) is 18.5 Å². The summed E-state index contributed by atoms with van der Waals surface area (Å²) in [6, 6.07) is 11.6. The quantitative estimate of drug-likeness (QED) is 0.839. The number of rotatable bonds is 2. The summed E-state index contributed by atoms with van der Waals surface area (Å²) in [6.07, 6.45) is 7.46. The molecular weight excluding hydrogens is 276 g/mol. The molecule has 0 spiro atoms.